The zero-order chi connectivity index (χ0) is 25.6. The van der Waals surface area contributed by atoms with Crippen LogP contribution in [0.3, 0.4) is 0 Å². The Kier molecular flexibility index (Phi) is 5.75. The fraction of sp³-hybridized carbons (Fsp3) is 0.172. The summed E-state index contributed by atoms with van der Waals surface area (Å²) in [6.07, 6.45) is 0.796. The lowest BCUT2D eigenvalue weighted by molar-refractivity contribution is -0.139. The Hall–Kier alpha value is -4.06. The van der Waals surface area contributed by atoms with Gasteiger partial charge < -0.3 is 14.3 Å². The first-order valence-corrected chi connectivity index (χ1v) is 13.4. The number of carboxylic acid groups (broad SMARTS) is 1. The Bertz CT molecular complexity index is 1710. The first kappa shape index (κ1) is 23.3. The van der Waals surface area contributed by atoms with Crippen LogP contribution >= 0.6 is 22.7 Å². The van der Waals surface area contributed by atoms with Gasteiger partial charge in [0, 0.05) is 15.6 Å². The first-order chi connectivity index (χ1) is 17.9. The van der Waals surface area contributed by atoms with E-state index in [-0.39, 0.29) is 6.61 Å². The molecular formula is C29H21NO5S2. The quantitative estimate of drug-likeness (QED) is 0.235. The number of carbonyl (C=O) groups excluding carboxylic acids is 1. The second-order valence-electron chi connectivity index (χ2n) is 9.03. The lowest BCUT2D eigenvalue weighted by Crippen LogP contribution is -2.17. The number of ether oxygens (including phenoxy) is 1. The molecule has 5 aromatic rings. The van der Waals surface area contributed by atoms with Gasteiger partial charge in [-0.15, -0.1) is 22.7 Å². The average Bonchev–Trinajstić information content (AvgIpc) is 3.32. The average molecular weight is 528 g/mol. The molecule has 1 aliphatic carbocycles. The number of carbonyl (C=O) groups is 2. The molecule has 0 aliphatic heterocycles. The predicted molar refractivity (Wildman–Crippen MR) is 145 cm³/mol. The number of hydrogen-bond acceptors (Lipinski definition) is 6. The van der Waals surface area contributed by atoms with E-state index in [0.717, 1.165) is 35.7 Å². The highest BCUT2D eigenvalue weighted by molar-refractivity contribution is 7.38. The number of aliphatic carboxylic acids is 1. The minimum Gasteiger partial charge on any atom is -0.481 e. The Morgan fingerprint density at radius 2 is 1.86 bits per heavy atom. The summed E-state index contributed by atoms with van der Waals surface area (Å²) >= 11 is 3.06. The molecule has 0 radical (unpaired) electrons. The summed E-state index contributed by atoms with van der Waals surface area (Å²) in [4.78, 5) is 26.1. The third-order valence-corrected chi connectivity index (χ3v) is 9.10. The number of para-hydroxylation sites is 1. The van der Waals surface area contributed by atoms with Crippen molar-refractivity contribution in [3.05, 3.63) is 87.3 Å². The third-order valence-electron chi connectivity index (χ3n) is 6.59. The molecule has 184 valence electrons. The Morgan fingerprint density at radius 3 is 2.62 bits per heavy atom. The smallest absolute Gasteiger partial charge is 0.412 e. The monoisotopic (exact) mass is 527 g/mol. The van der Waals surface area contributed by atoms with Crippen molar-refractivity contribution in [3.63, 3.8) is 0 Å². The van der Waals surface area contributed by atoms with E-state index in [1.165, 1.54) is 22.7 Å². The van der Waals surface area contributed by atoms with Crippen molar-refractivity contribution in [1.82, 2.24) is 0 Å². The third kappa shape index (κ3) is 4.37. The predicted octanol–water partition coefficient (Wildman–Crippen LogP) is 7.28. The summed E-state index contributed by atoms with van der Waals surface area (Å²) in [6.45, 7) is 2.13. The number of aryl methyl sites for hydroxylation is 1. The standard InChI is InChI=1S/C29H21NO5S2/c1-17-6-2-3-7-18(17)16-34-28(33)30-25-21-8-4-5-9-22(21)35-23(25)11-10-20-14-19-15-24(37-26(19)36-20)29(12-13-29)27(31)32/h2-9,14-15H,12-13,16H2,1H3,(H,30,33)(H,31,32). The number of benzene rings is 2. The van der Waals surface area contributed by atoms with Crippen LogP contribution in [0.5, 0.6) is 0 Å². The van der Waals surface area contributed by atoms with Crippen molar-refractivity contribution < 1.29 is 23.8 Å². The Morgan fingerprint density at radius 1 is 1.08 bits per heavy atom. The van der Waals surface area contributed by atoms with Crippen molar-refractivity contribution in [3.8, 4) is 11.8 Å². The minimum absolute atomic E-state index is 0.159. The molecule has 1 saturated carbocycles. The van der Waals surface area contributed by atoms with Gasteiger partial charge in [-0.05, 0) is 67.0 Å². The number of carboxylic acids is 1. The largest absolute Gasteiger partial charge is 0.481 e. The van der Waals surface area contributed by atoms with Gasteiger partial charge in [0.25, 0.3) is 0 Å². The number of rotatable bonds is 5. The van der Waals surface area contributed by atoms with Crippen LogP contribution in [-0.4, -0.2) is 17.2 Å². The summed E-state index contributed by atoms with van der Waals surface area (Å²) in [6, 6.07) is 19.1. The number of anilines is 1. The molecule has 0 bridgehead atoms. The molecule has 0 atom stereocenters. The van der Waals surface area contributed by atoms with Gasteiger partial charge >= 0.3 is 12.1 Å². The SMILES string of the molecule is Cc1ccccc1COC(=O)Nc1c(C#Cc2cc3cc(C4(C(=O)O)CC4)sc3s2)oc2ccccc12. The van der Waals surface area contributed by atoms with E-state index in [0.29, 0.717) is 29.9 Å². The molecule has 0 unspecified atom stereocenters. The maximum absolute atomic E-state index is 12.7. The van der Waals surface area contributed by atoms with Gasteiger partial charge in [-0.2, -0.15) is 0 Å². The van der Waals surface area contributed by atoms with Crippen LogP contribution in [0.2, 0.25) is 0 Å². The number of hydrogen-bond donors (Lipinski definition) is 2. The molecule has 3 aromatic heterocycles. The molecule has 1 amide bonds. The highest BCUT2D eigenvalue weighted by Gasteiger charge is 2.53. The lowest BCUT2D eigenvalue weighted by Gasteiger charge is -2.08. The number of nitrogens with one attached hydrogen (secondary N) is 1. The van der Waals surface area contributed by atoms with Crippen LogP contribution in [-0.2, 0) is 21.6 Å². The number of thiophene rings is 2. The van der Waals surface area contributed by atoms with Gasteiger partial charge in [-0.3, -0.25) is 10.1 Å². The van der Waals surface area contributed by atoms with E-state index < -0.39 is 17.5 Å². The minimum atomic E-state index is -0.747. The topological polar surface area (TPSA) is 88.8 Å². The van der Waals surface area contributed by atoms with Crippen LogP contribution in [0.4, 0.5) is 10.5 Å². The molecule has 6 nitrogen and oxygen atoms in total. The molecule has 6 rings (SSSR count). The maximum atomic E-state index is 12.7. The normalized spacial score (nSPS) is 13.8. The van der Waals surface area contributed by atoms with E-state index in [9.17, 15) is 14.7 Å². The van der Waals surface area contributed by atoms with Gasteiger partial charge in [0.15, 0.2) is 0 Å². The zero-order valence-corrected chi connectivity index (χ0v) is 21.4. The van der Waals surface area contributed by atoms with Gasteiger partial charge in [0.1, 0.15) is 23.3 Å². The highest BCUT2D eigenvalue weighted by atomic mass is 32.2. The highest BCUT2D eigenvalue weighted by Crippen LogP contribution is 2.52. The number of furan rings is 1. The van der Waals surface area contributed by atoms with E-state index in [1.807, 2.05) is 67.6 Å². The van der Waals surface area contributed by atoms with E-state index in [2.05, 4.69) is 17.2 Å². The van der Waals surface area contributed by atoms with Crippen LogP contribution in [0.25, 0.3) is 20.4 Å². The Balaban J connectivity index is 1.25. The molecule has 2 aromatic carbocycles. The summed E-state index contributed by atoms with van der Waals surface area (Å²) in [7, 11) is 0. The second-order valence-corrected chi connectivity index (χ2v) is 11.4. The van der Waals surface area contributed by atoms with E-state index >= 15 is 0 Å². The number of fused-ring (bicyclic) bond motifs is 2. The van der Waals surface area contributed by atoms with Gasteiger partial charge in [-0.1, -0.05) is 36.4 Å². The van der Waals surface area contributed by atoms with Crippen LogP contribution in [0, 0.1) is 18.8 Å². The van der Waals surface area contributed by atoms with Crippen LogP contribution in [0.15, 0.2) is 65.1 Å². The molecular weight excluding hydrogens is 506 g/mol. The molecule has 1 aliphatic rings. The summed E-state index contributed by atoms with van der Waals surface area (Å²) in [5.74, 6) is 5.81. The van der Waals surface area contributed by atoms with Gasteiger partial charge in [0.05, 0.1) is 8.89 Å². The van der Waals surface area contributed by atoms with Crippen molar-refractivity contribution in [2.45, 2.75) is 31.8 Å². The Labute approximate surface area is 220 Å². The van der Waals surface area contributed by atoms with Gasteiger partial charge in [0.2, 0.25) is 5.76 Å². The van der Waals surface area contributed by atoms with Crippen molar-refractivity contribution >= 4 is 60.8 Å². The van der Waals surface area contributed by atoms with E-state index in [1.54, 1.807) is 0 Å². The fourth-order valence-corrected chi connectivity index (χ4v) is 6.79. The molecule has 0 saturated heterocycles. The van der Waals surface area contributed by atoms with Crippen LogP contribution in [0.1, 0.15) is 39.5 Å². The van der Waals surface area contributed by atoms with Crippen molar-refractivity contribution in [1.29, 1.82) is 0 Å². The summed E-state index contributed by atoms with van der Waals surface area (Å²) < 4.78 is 12.5. The molecule has 37 heavy (non-hydrogen) atoms. The molecule has 2 N–H and O–H groups in total. The molecule has 0 spiro atoms. The first-order valence-electron chi connectivity index (χ1n) is 11.7. The lowest BCUT2D eigenvalue weighted by atomic mass is 10.1. The van der Waals surface area contributed by atoms with Crippen LogP contribution < -0.4 is 5.32 Å². The molecule has 8 heteroatoms. The fourth-order valence-electron chi connectivity index (χ4n) is 4.26. The molecule has 1 fully saturated rings. The van der Waals surface area contributed by atoms with Crippen molar-refractivity contribution in [2.75, 3.05) is 5.32 Å². The van der Waals surface area contributed by atoms with Gasteiger partial charge in [-0.25, -0.2) is 4.79 Å². The number of amides is 1. The van der Waals surface area contributed by atoms with Crippen molar-refractivity contribution in [2.24, 2.45) is 0 Å². The van der Waals surface area contributed by atoms with E-state index in [4.69, 9.17) is 9.15 Å². The summed E-state index contributed by atoms with van der Waals surface area (Å²) in [5, 5.41) is 14.1. The molecule has 3 heterocycles. The zero-order valence-electron chi connectivity index (χ0n) is 19.8. The maximum Gasteiger partial charge on any atom is 0.412 e. The summed E-state index contributed by atoms with van der Waals surface area (Å²) in [5.41, 5.74) is 2.37. The second kappa shape index (κ2) is 9.11.